The van der Waals surface area contributed by atoms with Gasteiger partial charge < -0.3 is 4.74 Å². The van der Waals surface area contributed by atoms with Crippen LogP contribution in [0, 0.1) is 10.1 Å². The zero-order valence-corrected chi connectivity index (χ0v) is 13.9. The van der Waals surface area contributed by atoms with Gasteiger partial charge in [0.1, 0.15) is 12.3 Å². The molecule has 0 spiro atoms. The number of hydrogen-bond donors (Lipinski definition) is 1. The van der Waals surface area contributed by atoms with E-state index in [1.807, 2.05) is 30.3 Å². The maximum absolute atomic E-state index is 12.3. The molecule has 0 atom stereocenters. The quantitative estimate of drug-likeness (QED) is 0.643. The topological polar surface area (TPSA) is 105 Å². The second-order valence-electron chi connectivity index (χ2n) is 5.61. The molecule has 0 aliphatic carbocycles. The fourth-order valence-corrected chi connectivity index (χ4v) is 2.56. The summed E-state index contributed by atoms with van der Waals surface area (Å²) in [5.41, 5.74) is 3.44. The van der Waals surface area contributed by atoms with Gasteiger partial charge in [-0.15, -0.1) is 0 Å². The standard InChI is InChI=1S/C17H16N4O5/c1-19(12-5-3-2-4-6-12)18-16(22)10-20-14-9-13(21(24)25)7-8-15(14)26-11-17(20)23/h2-9H,10-11H2,1H3,(H,18,22). The average molecular weight is 356 g/mol. The minimum Gasteiger partial charge on any atom is -0.482 e. The van der Waals surface area contributed by atoms with E-state index in [0.29, 0.717) is 5.75 Å². The minimum absolute atomic E-state index is 0.186. The van der Waals surface area contributed by atoms with Crippen LogP contribution < -0.4 is 20.1 Å². The first-order valence-electron chi connectivity index (χ1n) is 7.75. The van der Waals surface area contributed by atoms with Gasteiger partial charge in [-0.25, -0.2) is 0 Å². The molecular weight excluding hydrogens is 340 g/mol. The minimum atomic E-state index is -0.569. The van der Waals surface area contributed by atoms with E-state index in [4.69, 9.17) is 4.74 Å². The van der Waals surface area contributed by atoms with Crippen molar-refractivity contribution in [2.24, 2.45) is 0 Å². The van der Waals surface area contributed by atoms with Gasteiger partial charge >= 0.3 is 0 Å². The Bertz CT molecular complexity index is 855. The molecule has 26 heavy (non-hydrogen) atoms. The second-order valence-corrected chi connectivity index (χ2v) is 5.61. The van der Waals surface area contributed by atoms with E-state index < -0.39 is 16.7 Å². The van der Waals surface area contributed by atoms with Gasteiger partial charge in [0.2, 0.25) is 0 Å². The number of nitro benzene ring substituents is 1. The molecule has 0 bridgehead atoms. The zero-order valence-electron chi connectivity index (χ0n) is 13.9. The number of amides is 2. The Morgan fingerprint density at radius 1 is 1.31 bits per heavy atom. The summed E-state index contributed by atoms with van der Waals surface area (Å²) in [6.07, 6.45) is 0. The number of hydrogen-bond acceptors (Lipinski definition) is 6. The summed E-state index contributed by atoms with van der Waals surface area (Å²) in [5, 5.41) is 12.5. The van der Waals surface area contributed by atoms with E-state index in [1.54, 1.807) is 7.05 Å². The van der Waals surface area contributed by atoms with E-state index >= 15 is 0 Å². The van der Waals surface area contributed by atoms with Crippen molar-refractivity contribution < 1.29 is 19.2 Å². The van der Waals surface area contributed by atoms with Crippen LogP contribution in [0.2, 0.25) is 0 Å². The molecular formula is C17H16N4O5. The van der Waals surface area contributed by atoms with Gasteiger partial charge in [0.15, 0.2) is 6.61 Å². The van der Waals surface area contributed by atoms with Gasteiger partial charge in [0.05, 0.1) is 16.3 Å². The zero-order chi connectivity index (χ0) is 18.7. The van der Waals surface area contributed by atoms with Gasteiger partial charge in [-0.3, -0.25) is 35.0 Å². The van der Waals surface area contributed by atoms with Crippen LogP contribution in [0.25, 0.3) is 0 Å². The molecule has 0 radical (unpaired) electrons. The lowest BCUT2D eigenvalue weighted by Crippen LogP contribution is -2.49. The van der Waals surface area contributed by atoms with Gasteiger partial charge in [0.25, 0.3) is 17.5 Å². The number of carbonyl (C=O) groups is 2. The fourth-order valence-electron chi connectivity index (χ4n) is 2.56. The highest BCUT2D eigenvalue weighted by molar-refractivity contribution is 6.02. The molecule has 1 heterocycles. The summed E-state index contributed by atoms with van der Waals surface area (Å²) in [5.74, 6) is -0.570. The molecule has 0 saturated heterocycles. The molecule has 0 aromatic heterocycles. The Morgan fingerprint density at radius 2 is 2.04 bits per heavy atom. The van der Waals surface area contributed by atoms with E-state index in [2.05, 4.69) is 5.43 Å². The van der Waals surface area contributed by atoms with E-state index in [-0.39, 0.29) is 24.5 Å². The first-order valence-corrected chi connectivity index (χ1v) is 7.75. The Morgan fingerprint density at radius 3 is 2.73 bits per heavy atom. The van der Waals surface area contributed by atoms with Crippen molar-refractivity contribution in [3.8, 4) is 5.75 Å². The number of nitrogens with zero attached hydrogens (tertiary/aromatic N) is 3. The maximum atomic E-state index is 12.3. The SMILES string of the molecule is CN(NC(=O)CN1C(=O)COc2ccc([N+](=O)[O-])cc21)c1ccccc1. The summed E-state index contributed by atoms with van der Waals surface area (Å²) in [7, 11) is 1.67. The van der Waals surface area contributed by atoms with Crippen LogP contribution in [0.3, 0.4) is 0 Å². The number of fused-ring (bicyclic) bond motifs is 1. The van der Waals surface area contributed by atoms with Crippen molar-refractivity contribution in [2.45, 2.75) is 0 Å². The number of nitrogens with one attached hydrogen (secondary N) is 1. The molecule has 1 N–H and O–H groups in total. The first-order chi connectivity index (χ1) is 12.5. The molecule has 2 aromatic rings. The number of anilines is 2. The van der Waals surface area contributed by atoms with Crippen LogP contribution in [0.15, 0.2) is 48.5 Å². The first kappa shape index (κ1) is 17.2. The summed E-state index contributed by atoms with van der Waals surface area (Å²) in [4.78, 5) is 36.1. The van der Waals surface area contributed by atoms with Gasteiger partial charge in [-0.2, -0.15) is 0 Å². The molecule has 0 unspecified atom stereocenters. The lowest BCUT2D eigenvalue weighted by Gasteiger charge is -2.29. The number of rotatable bonds is 5. The number of benzene rings is 2. The number of ether oxygens (including phenoxy) is 1. The molecule has 3 rings (SSSR count). The predicted molar refractivity (Wildman–Crippen MR) is 93.9 cm³/mol. The van der Waals surface area contributed by atoms with E-state index in [9.17, 15) is 19.7 Å². The molecule has 1 aliphatic rings. The smallest absolute Gasteiger partial charge is 0.271 e. The maximum Gasteiger partial charge on any atom is 0.271 e. The van der Waals surface area contributed by atoms with Crippen molar-refractivity contribution in [1.29, 1.82) is 0 Å². The highest BCUT2D eigenvalue weighted by Crippen LogP contribution is 2.35. The summed E-state index contributed by atoms with van der Waals surface area (Å²) in [6.45, 7) is -0.514. The van der Waals surface area contributed by atoms with Crippen molar-refractivity contribution >= 4 is 28.9 Å². The number of nitro groups is 1. The van der Waals surface area contributed by atoms with Gasteiger partial charge in [0, 0.05) is 19.2 Å². The summed E-state index contributed by atoms with van der Waals surface area (Å²) >= 11 is 0. The normalized spacial score (nSPS) is 12.8. The molecule has 0 fully saturated rings. The van der Waals surface area contributed by atoms with Gasteiger partial charge in [-0.05, 0) is 18.2 Å². The predicted octanol–water partition coefficient (Wildman–Crippen LogP) is 1.49. The third-order valence-electron chi connectivity index (χ3n) is 3.83. The van der Waals surface area contributed by atoms with Crippen LogP contribution in [0.1, 0.15) is 0 Å². The lowest BCUT2D eigenvalue weighted by molar-refractivity contribution is -0.384. The molecule has 9 nitrogen and oxygen atoms in total. The highest BCUT2D eigenvalue weighted by atomic mass is 16.6. The van der Waals surface area contributed by atoms with Crippen molar-refractivity contribution in [3.63, 3.8) is 0 Å². The molecule has 0 saturated carbocycles. The Balaban J connectivity index is 1.77. The third-order valence-corrected chi connectivity index (χ3v) is 3.83. The van der Waals surface area contributed by atoms with Gasteiger partial charge in [-0.1, -0.05) is 18.2 Å². The average Bonchev–Trinajstić information content (AvgIpc) is 2.64. The summed E-state index contributed by atoms with van der Waals surface area (Å²) < 4.78 is 5.28. The van der Waals surface area contributed by atoms with Crippen molar-refractivity contribution in [3.05, 3.63) is 58.6 Å². The molecule has 9 heteroatoms. The second kappa shape index (κ2) is 7.09. The van der Waals surface area contributed by atoms with Crippen LogP contribution >= 0.6 is 0 Å². The monoisotopic (exact) mass is 356 g/mol. The number of non-ortho nitro benzene ring substituents is 1. The molecule has 2 amide bonds. The van der Waals surface area contributed by atoms with E-state index in [1.165, 1.54) is 28.1 Å². The molecule has 2 aromatic carbocycles. The molecule has 1 aliphatic heterocycles. The van der Waals surface area contributed by atoms with Crippen LogP contribution in [-0.2, 0) is 9.59 Å². The van der Waals surface area contributed by atoms with E-state index in [0.717, 1.165) is 5.69 Å². The van der Waals surface area contributed by atoms with Crippen molar-refractivity contribution in [1.82, 2.24) is 5.43 Å². The van der Waals surface area contributed by atoms with Crippen LogP contribution in [0.4, 0.5) is 17.1 Å². The Hall–Kier alpha value is -3.62. The number of hydrazine groups is 1. The Kier molecular flexibility index (Phi) is 4.70. The fraction of sp³-hybridized carbons (Fsp3) is 0.176. The number of para-hydroxylation sites is 1. The Labute approximate surface area is 148 Å². The number of carbonyl (C=O) groups excluding carboxylic acids is 2. The lowest BCUT2D eigenvalue weighted by atomic mass is 10.2. The summed E-state index contributed by atoms with van der Waals surface area (Å²) in [6, 6.07) is 13.1. The highest BCUT2D eigenvalue weighted by Gasteiger charge is 2.29. The van der Waals surface area contributed by atoms with Crippen molar-refractivity contribution in [2.75, 3.05) is 30.1 Å². The van der Waals surface area contributed by atoms with Crippen LogP contribution in [0.5, 0.6) is 5.75 Å². The largest absolute Gasteiger partial charge is 0.482 e. The third kappa shape index (κ3) is 3.56. The van der Waals surface area contributed by atoms with Crippen LogP contribution in [-0.4, -0.2) is 36.9 Å². The molecule has 134 valence electrons.